The smallest absolute Gasteiger partial charge is 0.328 e. The molecule has 5 nitrogen and oxygen atoms in total. The fraction of sp³-hybridized carbons (Fsp3) is 0.429. The predicted octanol–water partition coefficient (Wildman–Crippen LogP) is 2.52. The number of fused-ring (bicyclic) bond motifs is 1. The van der Waals surface area contributed by atoms with E-state index >= 15 is 0 Å². The molecule has 20 heavy (non-hydrogen) atoms. The van der Waals surface area contributed by atoms with Crippen molar-refractivity contribution in [2.45, 2.75) is 26.3 Å². The van der Waals surface area contributed by atoms with Gasteiger partial charge in [0, 0.05) is 0 Å². The number of methoxy groups -OCH3 is 1. The van der Waals surface area contributed by atoms with E-state index in [4.69, 9.17) is 10.5 Å². The normalized spacial score (nSPS) is 12.8. The van der Waals surface area contributed by atoms with Gasteiger partial charge in [0.25, 0.3) is 0 Å². The lowest BCUT2D eigenvalue weighted by Crippen LogP contribution is -2.23. The van der Waals surface area contributed by atoms with Crippen molar-refractivity contribution < 1.29 is 13.9 Å². The van der Waals surface area contributed by atoms with Gasteiger partial charge >= 0.3 is 5.97 Å². The van der Waals surface area contributed by atoms with Gasteiger partial charge in [-0.2, -0.15) is 0 Å². The Morgan fingerprint density at radius 2 is 2.20 bits per heavy atom. The molecule has 1 aromatic heterocycles. The third-order valence-corrected chi connectivity index (χ3v) is 3.18. The number of imidazole rings is 1. The second kappa shape index (κ2) is 5.48. The molecule has 0 amide bonds. The van der Waals surface area contributed by atoms with Crippen molar-refractivity contribution in [1.82, 2.24) is 9.55 Å². The number of carbonyl (C=O) groups excluding carboxylic acids is 1. The van der Waals surface area contributed by atoms with E-state index in [2.05, 4.69) is 4.98 Å². The van der Waals surface area contributed by atoms with Crippen LogP contribution in [-0.2, 0) is 9.53 Å². The lowest BCUT2D eigenvalue weighted by Gasteiger charge is -2.20. The standard InChI is InChI=1S/C14H18FN3O2/c1-8(2)7-11(13(19)20-3)18-10-6-4-5-9(15)12(10)17-14(18)16/h4-6,8,11H,7H2,1-3H3,(H2,16,17). The summed E-state index contributed by atoms with van der Waals surface area (Å²) in [5.74, 6) is -0.499. The van der Waals surface area contributed by atoms with Crippen LogP contribution in [-0.4, -0.2) is 22.6 Å². The highest BCUT2D eigenvalue weighted by Crippen LogP contribution is 2.29. The summed E-state index contributed by atoms with van der Waals surface area (Å²) in [6, 6.07) is 3.97. The van der Waals surface area contributed by atoms with Gasteiger partial charge in [-0.1, -0.05) is 19.9 Å². The Balaban J connectivity index is 2.61. The molecule has 1 aromatic carbocycles. The van der Waals surface area contributed by atoms with E-state index in [9.17, 15) is 9.18 Å². The number of para-hydroxylation sites is 1. The van der Waals surface area contributed by atoms with Crippen LogP contribution in [0.2, 0.25) is 0 Å². The fourth-order valence-corrected chi connectivity index (χ4v) is 2.32. The number of rotatable bonds is 4. The number of nitrogens with zero attached hydrogens (tertiary/aromatic N) is 2. The maximum Gasteiger partial charge on any atom is 0.328 e. The summed E-state index contributed by atoms with van der Waals surface area (Å²) >= 11 is 0. The molecule has 1 atom stereocenters. The van der Waals surface area contributed by atoms with Gasteiger partial charge in [0.1, 0.15) is 11.6 Å². The van der Waals surface area contributed by atoms with Gasteiger partial charge in [0.15, 0.2) is 5.82 Å². The summed E-state index contributed by atoms with van der Waals surface area (Å²) in [5.41, 5.74) is 6.54. The first-order chi connectivity index (χ1) is 9.45. The number of hydrogen-bond donors (Lipinski definition) is 1. The molecule has 0 saturated carbocycles. The van der Waals surface area contributed by atoms with E-state index in [1.54, 1.807) is 16.7 Å². The Labute approximate surface area is 116 Å². The number of nitrogens with two attached hydrogens (primary N) is 1. The molecule has 0 bridgehead atoms. The number of carbonyl (C=O) groups is 1. The molecule has 2 rings (SSSR count). The van der Waals surface area contributed by atoms with Crippen molar-refractivity contribution in [1.29, 1.82) is 0 Å². The molecule has 108 valence electrons. The van der Waals surface area contributed by atoms with Crippen LogP contribution in [0.3, 0.4) is 0 Å². The molecule has 0 saturated heterocycles. The minimum atomic E-state index is -0.605. The number of benzene rings is 1. The number of nitrogen functional groups attached to an aromatic ring is 1. The van der Waals surface area contributed by atoms with Crippen molar-refractivity contribution in [2.24, 2.45) is 5.92 Å². The second-order valence-electron chi connectivity index (χ2n) is 5.12. The zero-order valence-corrected chi connectivity index (χ0v) is 11.8. The Bertz CT molecular complexity index is 637. The van der Waals surface area contributed by atoms with Gasteiger partial charge in [-0.25, -0.2) is 14.2 Å². The maximum absolute atomic E-state index is 13.7. The molecular weight excluding hydrogens is 261 g/mol. The van der Waals surface area contributed by atoms with Crippen LogP contribution in [0.5, 0.6) is 0 Å². The van der Waals surface area contributed by atoms with Crippen LogP contribution in [0.15, 0.2) is 18.2 Å². The molecule has 2 aromatic rings. The van der Waals surface area contributed by atoms with Crippen molar-refractivity contribution in [3.63, 3.8) is 0 Å². The number of ether oxygens (including phenoxy) is 1. The summed E-state index contributed by atoms with van der Waals surface area (Å²) in [6.07, 6.45) is 0.541. The highest BCUT2D eigenvalue weighted by molar-refractivity contribution is 5.83. The highest BCUT2D eigenvalue weighted by atomic mass is 19.1. The Hall–Kier alpha value is -2.11. The van der Waals surface area contributed by atoms with Gasteiger partial charge in [0.2, 0.25) is 5.95 Å². The van der Waals surface area contributed by atoms with Gasteiger partial charge in [-0.05, 0) is 24.5 Å². The Kier molecular flexibility index (Phi) is 3.92. The lowest BCUT2D eigenvalue weighted by molar-refractivity contribution is -0.145. The first kappa shape index (κ1) is 14.3. The van der Waals surface area contributed by atoms with E-state index < -0.39 is 17.8 Å². The predicted molar refractivity (Wildman–Crippen MR) is 74.6 cm³/mol. The third-order valence-electron chi connectivity index (χ3n) is 3.18. The average Bonchev–Trinajstić information content (AvgIpc) is 2.73. The van der Waals surface area contributed by atoms with Gasteiger partial charge in [-0.3, -0.25) is 4.57 Å². The maximum atomic E-state index is 13.7. The molecule has 1 heterocycles. The fourth-order valence-electron chi connectivity index (χ4n) is 2.32. The SMILES string of the molecule is COC(=O)C(CC(C)C)n1c(N)nc2c(F)cccc21. The molecule has 0 fully saturated rings. The number of anilines is 1. The summed E-state index contributed by atoms with van der Waals surface area (Å²) in [7, 11) is 1.32. The molecule has 0 aliphatic carbocycles. The monoisotopic (exact) mass is 279 g/mol. The number of aromatic nitrogens is 2. The zero-order chi connectivity index (χ0) is 14.9. The molecular formula is C14H18FN3O2. The summed E-state index contributed by atoms with van der Waals surface area (Å²) < 4.78 is 20.1. The first-order valence-electron chi connectivity index (χ1n) is 6.45. The highest BCUT2D eigenvalue weighted by Gasteiger charge is 2.27. The molecule has 6 heteroatoms. The topological polar surface area (TPSA) is 70.1 Å². The average molecular weight is 279 g/mol. The molecule has 0 radical (unpaired) electrons. The number of hydrogen-bond acceptors (Lipinski definition) is 4. The van der Waals surface area contributed by atoms with E-state index in [1.807, 2.05) is 13.8 Å². The Morgan fingerprint density at radius 3 is 2.80 bits per heavy atom. The zero-order valence-electron chi connectivity index (χ0n) is 11.8. The van der Waals surface area contributed by atoms with Crippen LogP contribution in [0.25, 0.3) is 11.0 Å². The second-order valence-corrected chi connectivity index (χ2v) is 5.12. The van der Waals surface area contributed by atoms with Crippen LogP contribution < -0.4 is 5.73 Å². The number of halogens is 1. The largest absolute Gasteiger partial charge is 0.467 e. The minimum absolute atomic E-state index is 0.112. The van der Waals surface area contributed by atoms with E-state index in [-0.39, 0.29) is 17.4 Å². The lowest BCUT2D eigenvalue weighted by atomic mass is 10.0. The third kappa shape index (κ3) is 2.45. The molecule has 2 N–H and O–H groups in total. The minimum Gasteiger partial charge on any atom is -0.467 e. The first-order valence-corrected chi connectivity index (χ1v) is 6.45. The summed E-state index contributed by atoms with van der Waals surface area (Å²) in [6.45, 7) is 3.98. The van der Waals surface area contributed by atoms with Crippen LogP contribution in [0.4, 0.5) is 10.3 Å². The van der Waals surface area contributed by atoms with Crippen LogP contribution in [0.1, 0.15) is 26.3 Å². The molecule has 1 unspecified atom stereocenters. The van der Waals surface area contributed by atoms with Crippen molar-refractivity contribution in [3.8, 4) is 0 Å². The van der Waals surface area contributed by atoms with Crippen LogP contribution in [0, 0.1) is 11.7 Å². The molecule has 0 aliphatic heterocycles. The van der Waals surface area contributed by atoms with Crippen molar-refractivity contribution in [2.75, 3.05) is 12.8 Å². The summed E-state index contributed by atoms with van der Waals surface area (Å²) in [5, 5.41) is 0. The molecule has 0 spiro atoms. The summed E-state index contributed by atoms with van der Waals surface area (Å²) in [4.78, 5) is 16.0. The van der Waals surface area contributed by atoms with Gasteiger partial charge in [0.05, 0.1) is 12.6 Å². The van der Waals surface area contributed by atoms with E-state index in [0.29, 0.717) is 11.9 Å². The van der Waals surface area contributed by atoms with Gasteiger partial charge in [-0.15, -0.1) is 0 Å². The Morgan fingerprint density at radius 1 is 1.50 bits per heavy atom. The van der Waals surface area contributed by atoms with Gasteiger partial charge < -0.3 is 10.5 Å². The van der Waals surface area contributed by atoms with Crippen LogP contribution >= 0.6 is 0 Å². The van der Waals surface area contributed by atoms with E-state index in [0.717, 1.165) is 0 Å². The molecule has 0 aliphatic rings. The quantitative estimate of drug-likeness (QED) is 0.873. The number of esters is 1. The van der Waals surface area contributed by atoms with Crippen molar-refractivity contribution in [3.05, 3.63) is 24.0 Å². The van der Waals surface area contributed by atoms with Crippen molar-refractivity contribution >= 4 is 23.0 Å². The van der Waals surface area contributed by atoms with E-state index in [1.165, 1.54) is 13.2 Å².